The molecule has 1 atom stereocenters. The van der Waals surface area contributed by atoms with Crippen molar-refractivity contribution in [3.05, 3.63) is 5.82 Å². The van der Waals surface area contributed by atoms with Crippen LogP contribution in [-0.4, -0.2) is 29.1 Å². The van der Waals surface area contributed by atoms with E-state index >= 15 is 0 Å². The first-order chi connectivity index (χ1) is 7.80. The van der Waals surface area contributed by atoms with Crippen LogP contribution >= 0.6 is 11.5 Å². The lowest BCUT2D eigenvalue weighted by atomic mass is 10.2. The van der Waals surface area contributed by atoms with E-state index in [9.17, 15) is 0 Å². The van der Waals surface area contributed by atoms with Gasteiger partial charge in [0.2, 0.25) is 5.13 Å². The fourth-order valence-electron chi connectivity index (χ4n) is 1.56. The van der Waals surface area contributed by atoms with Crippen molar-refractivity contribution in [2.24, 2.45) is 0 Å². The van der Waals surface area contributed by atoms with E-state index in [1.54, 1.807) is 7.11 Å². The quantitative estimate of drug-likeness (QED) is 0.762. The number of hydrogen-bond donors (Lipinski definition) is 1. The molecule has 16 heavy (non-hydrogen) atoms. The maximum absolute atomic E-state index is 5.18. The molecule has 0 amide bonds. The summed E-state index contributed by atoms with van der Waals surface area (Å²) < 4.78 is 9.48. The van der Waals surface area contributed by atoms with E-state index in [1.165, 1.54) is 11.5 Å². The molecule has 0 aliphatic rings. The van der Waals surface area contributed by atoms with E-state index in [1.807, 2.05) is 0 Å². The first-order valence-electron chi connectivity index (χ1n) is 5.88. The molecule has 0 aromatic carbocycles. The highest BCUT2D eigenvalue weighted by atomic mass is 32.1. The van der Waals surface area contributed by atoms with E-state index < -0.39 is 0 Å². The molecule has 1 unspecified atom stereocenters. The Kier molecular flexibility index (Phi) is 6.33. The van der Waals surface area contributed by atoms with E-state index in [0.29, 0.717) is 6.04 Å². The Hall–Kier alpha value is -0.680. The number of aryl methyl sites for hydroxylation is 1. The summed E-state index contributed by atoms with van der Waals surface area (Å²) in [4.78, 5) is 4.45. The summed E-state index contributed by atoms with van der Waals surface area (Å²) in [5.41, 5.74) is 0. The molecule has 1 aromatic heterocycles. The molecular formula is C11H21N3OS. The minimum absolute atomic E-state index is 0.345. The molecule has 0 aliphatic heterocycles. The normalized spacial score (nSPS) is 12.7. The van der Waals surface area contributed by atoms with Crippen LogP contribution in [0.15, 0.2) is 0 Å². The molecule has 0 radical (unpaired) electrons. The minimum atomic E-state index is 0.345. The van der Waals surface area contributed by atoms with E-state index in [4.69, 9.17) is 4.74 Å². The van der Waals surface area contributed by atoms with Gasteiger partial charge in [0.25, 0.3) is 0 Å². The number of rotatable bonds is 8. The van der Waals surface area contributed by atoms with Gasteiger partial charge < -0.3 is 10.1 Å². The van der Waals surface area contributed by atoms with E-state index in [2.05, 4.69) is 28.5 Å². The highest BCUT2D eigenvalue weighted by Gasteiger charge is 2.10. The van der Waals surface area contributed by atoms with Crippen LogP contribution in [0.5, 0.6) is 0 Å². The standard InChI is InChI=1S/C11H21N3OS/c1-4-6-9(8-15-3)12-11-13-10(7-5-2)14-16-11/h9H,4-8H2,1-3H3,(H,12,13,14). The van der Waals surface area contributed by atoms with Crippen LogP contribution in [0.4, 0.5) is 5.13 Å². The molecule has 0 fully saturated rings. The molecule has 92 valence electrons. The van der Waals surface area contributed by atoms with Crippen LogP contribution in [0.25, 0.3) is 0 Å². The summed E-state index contributed by atoms with van der Waals surface area (Å²) in [6.45, 7) is 5.03. The van der Waals surface area contributed by atoms with Gasteiger partial charge in [0, 0.05) is 25.1 Å². The van der Waals surface area contributed by atoms with Gasteiger partial charge in [-0.2, -0.15) is 4.37 Å². The first kappa shape index (κ1) is 13.4. The predicted octanol–water partition coefficient (Wildman–Crippen LogP) is 2.72. The van der Waals surface area contributed by atoms with Gasteiger partial charge in [-0.15, -0.1) is 0 Å². The zero-order valence-corrected chi connectivity index (χ0v) is 11.1. The summed E-state index contributed by atoms with van der Waals surface area (Å²) in [5.74, 6) is 0.947. The zero-order valence-electron chi connectivity index (χ0n) is 10.3. The van der Waals surface area contributed by atoms with Crippen LogP contribution in [-0.2, 0) is 11.2 Å². The van der Waals surface area contributed by atoms with Crippen molar-refractivity contribution >= 4 is 16.7 Å². The van der Waals surface area contributed by atoms with Crippen molar-refractivity contribution in [3.8, 4) is 0 Å². The van der Waals surface area contributed by atoms with Crippen molar-refractivity contribution in [1.29, 1.82) is 0 Å². The maximum Gasteiger partial charge on any atom is 0.202 e. The van der Waals surface area contributed by atoms with Gasteiger partial charge in [-0.25, -0.2) is 4.98 Å². The Balaban J connectivity index is 2.48. The highest BCUT2D eigenvalue weighted by Crippen LogP contribution is 2.15. The average molecular weight is 243 g/mol. The lowest BCUT2D eigenvalue weighted by Crippen LogP contribution is -2.24. The largest absolute Gasteiger partial charge is 0.383 e. The molecule has 4 nitrogen and oxygen atoms in total. The molecule has 0 bridgehead atoms. The second-order valence-corrected chi connectivity index (χ2v) is 4.60. The fourth-order valence-corrected chi connectivity index (χ4v) is 2.25. The Morgan fingerprint density at radius 2 is 2.19 bits per heavy atom. The van der Waals surface area contributed by atoms with Gasteiger partial charge in [-0.1, -0.05) is 20.3 Å². The van der Waals surface area contributed by atoms with Crippen LogP contribution in [0.1, 0.15) is 38.9 Å². The van der Waals surface area contributed by atoms with Crippen LogP contribution in [0, 0.1) is 0 Å². The summed E-state index contributed by atoms with van der Waals surface area (Å²) >= 11 is 1.44. The van der Waals surface area contributed by atoms with Crippen LogP contribution in [0.3, 0.4) is 0 Å². The second kappa shape index (κ2) is 7.57. The van der Waals surface area contributed by atoms with Crippen LogP contribution in [0.2, 0.25) is 0 Å². The number of aromatic nitrogens is 2. The van der Waals surface area contributed by atoms with Gasteiger partial charge in [0.15, 0.2) is 0 Å². The number of nitrogens with zero attached hydrogens (tertiary/aromatic N) is 2. The van der Waals surface area contributed by atoms with Crippen molar-refractivity contribution in [1.82, 2.24) is 9.36 Å². The fraction of sp³-hybridized carbons (Fsp3) is 0.818. The predicted molar refractivity (Wildman–Crippen MR) is 68.1 cm³/mol. The van der Waals surface area contributed by atoms with Crippen molar-refractivity contribution in [3.63, 3.8) is 0 Å². The van der Waals surface area contributed by atoms with E-state index in [0.717, 1.165) is 43.2 Å². The molecule has 5 heteroatoms. The van der Waals surface area contributed by atoms with Crippen molar-refractivity contribution in [2.45, 2.75) is 45.6 Å². The molecule has 1 aromatic rings. The number of nitrogens with one attached hydrogen (secondary N) is 1. The smallest absolute Gasteiger partial charge is 0.202 e. The summed E-state index contributed by atoms with van der Waals surface area (Å²) in [5, 5.41) is 4.30. The average Bonchev–Trinajstić information content (AvgIpc) is 2.67. The SMILES string of the molecule is CCCc1nsc(NC(CCC)COC)n1. The molecule has 1 heterocycles. The summed E-state index contributed by atoms with van der Waals surface area (Å²) in [6.07, 6.45) is 4.28. The molecule has 1 N–H and O–H groups in total. The van der Waals surface area contributed by atoms with Gasteiger partial charge in [-0.05, 0) is 12.8 Å². The van der Waals surface area contributed by atoms with Crippen LogP contribution < -0.4 is 5.32 Å². The Morgan fingerprint density at radius 3 is 2.81 bits per heavy atom. The lowest BCUT2D eigenvalue weighted by molar-refractivity contribution is 0.182. The highest BCUT2D eigenvalue weighted by molar-refractivity contribution is 7.09. The third-order valence-electron chi connectivity index (χ3n) is 2.27. The number of ether oxygens (including phenoxy) is 1. The summed E-state index contributed by atoms with van der Waals surface area (Å²) in [7, 11) is 1.73. The molecule has 0 spiro atoms. The lowest BCUT2D eigenvalue weighted by Gasteiger charge is -2.15. The van der Waals surface area contributed by atoms with Gasteiger partial charge >= 0.3 is 0 Å². The van der Waals surface area contributed by atoms with E-state index in [-0.39, 0.29) is 0 Å². The van der Waals surface area contributed by atoms with Gasteiger partial charge in [0.1, 0.15) is 5.82 Å². The van der Waals surface area contributed by atoms with Gasteiger partial charge in [0.05, 0.1) is 12.6 Å². The number of hydrogen-bond acceptors (Lipinski definition) is 5. The zero-order chi connectivity index (χ0) is 11.8. The summed E-state index contributed by atoms with van der Waals surface area (Å²) in [6, 6.07) is 0.345. The Bertz CT molecular complexity index is 285. The minimum Gasteiger partial charge on any atom is -0.383 e. The van der Waals surface area contributed by atoms with Crippen molar-refractivity contribution in [2.75, 3.05) is 19.0 Å². The molecule has 0 aliphatic carbocycles. The monoisotopic (exact) mass is 243 g/mol. The number of anilines is 1. The first-order valence-corrected chi connectivity index (χ1v) is 6.65. The van der Waals surface area contributed by atoms with Gasteiger partial charge in [-0.3, -0.25) is 0 Å². The molecule has 0 saturated carbocycles. The molecule has 0 saturated heterocycles. The maximum atomic E-state index is 5.18. The number of methoxy groups -OCH3 is 1. The second-order valence-electron chi connectivity index (χ2n) is 3.85. The Labute approximate surface area is 102 Å². The topological polar surface area (TPSA) is 47.0 Å². The molecule has 1 rings (SSSR count). The Morgan fingerprint density at radius 1 is 1.38 bits per heavy atom. The third-order valence-corrected chi connectivity index (χ3v) is 2.96. The van der Waals surface area contributed by atoms with Crippen molar-refractivity contribution < 1.29 is 4.74 Å². The molecular weight excluding hydrogens is 222 g/mol. The third kappa shape index (κ3) is 4.45.